The zero-order valence-electron chi connectivity index (χ0n) is 19.2. The van der Waals surface area contributed by atoms with Crippen LogP contribution < -0.4 is 10.1 Å². The Labute approximate surface area is 184 Å². The van der Waals surface area contributed by atoms with Crippen molar-refractivity contribution in [3.63, 3.8) is 0 Å². The summed E-state index contributed by atoms with van der Waals surface area (Å²) in [6.07, 6.45) is 8.22. The third-order valence-corrected chi connectivity index (χ3v) is 9.95. The van der Waals surface area contributed by atoms with Crippen molar-refractivity contribution in [2.45, 2.75) is 20.0 Å². The fraction of sp³-hybridized carbons (Fsp3) is 0.280. The van der Waals surface area contributed by atoms with E-state index >= 15 is 0 Å². The van der Waals surface area contributed by atoms with Crippen LogP contribution in [0.2, 0.25) is 13.1 Å². The first-order valence-corrected chi connectivity index (χ1v) is 13.4. The maximum absolute atomic E-state index is 11.6. The Hall–Kier alpha value is -3.12. The molecule has 31 heavy (non-hydrogen) atoms. The fourth-order valence-corrected chi connectivity index (χ4v) is 7.62. The molecule has 0 unspecified atom stereocenters. The number of benzene rings is 1. The molecule has 0 radical (unpaired) electrons. The summed E-state index contributed by atoms with van der Waals surface area (Å²) >= 11 is 0. The molecule has 1 aromatic heterocycles. The molecule has 4 rings (SSSR count). The molecule has 1 aromatic carbocycles. The van der Waals surface area contributed by atoms with Gasteiger partial charge in [0.05, 0.1) is 6.26 Å². The highest BCUT2D eigenvalue weighted by molar-refractivity contribution is 6.98. The van der Waals surface area contributed by atoms with E-state index in [1.54, 1.807) is 6.26 Å². The number of nitrogens with zero attached hydrogens (tertiary/aromatic N) is 2. The number of hydrogen-bond donors (Lipinski definition) is 1. The molecule has 0 atom stereocenters. The molecule has 0 saturated heterocycles. The summed E-state index contributed by atoms with van der Waals surface area (Å²) in [6, 6.07) is 6.63. The molecule has 0 bridgehead atoms. The second-order valence-electron chi connectivity index (χ2n) is 9.16. The summed E-state index contributed by atoms with van der Waals surface area (Å²) in [4.78, 5) is 13.8. The van der Waals surface area contributed by atoms with Crippen LogP contribution in [0.1, 0.15) is 27.2 Å². The average molecular weight is 434 g/mol. The molecule has 2 aliphatic rings. The Morgan fingerprint density at radius 2 is 1.84 bits per heavy atom. The molecule has 1 aliphatic heterocycles. The molecule has 160 valence electrons. The van der Waals surface area contributed by atoms with Gasteiger partial charge in [0.2, 0.25) is 5.76 Å². The van der Waals surface area contributed by atoms with E-state index in [1.807, 2.05) is 6.92 Å². The molecular weight excluding hydrogens is 404 g/mol. The highest BCUT2D eigenvalue weighted by Gasteiger charge is 2.41. The number of fused-ring (bicyclic) bond motifs is 2. The number of carbonyl (C=O) groups is 1. The third-order valence-electron chi connectivity index (χ3n) is 6.43. The van der Waals surface area contributed by atoms with E-state index in [-0.39, 0.29) is 5.76 Å². The first kappa shape index (κ1) is 21.1. The van der Waals surface area contributed by atoms with Gasteiger partial charge in [-0.25, -0.2) is 9.37 Å². The number of hydrogen-bond acceptors (Lipinski definition) is 3. The van der Waals surface area contributed by atoms with Gasteiger partial charge in [0.1, 0.15) is 22.2 Å². The summed E-state index contributed by atoms with van der Waals surface area (Å²) in [6.45, 7) is 6.62. The van der Waals surface area contributed by atoms with E-state index in [2.05, 4.69) is 87.2 Å². The number of allylic oxidation sites excluding steroid dienone is 5. The van der Waals surface area contributed by atoms with E-state index in [4.69, 9.17) is 4.42 Å². The van der Waals surface area contributed by atoms with Crippen molar-refractivity contribution in [3.8, 4) is 0 Å². The maximum Gasteiger partial charge on any atom is 0.372 e. The largest absolute Gasteiger partial charge is 0.475 e. The fourth-order valence-electron chi connectivity index (χ4n) is 4.55. The monoisotopic (exact) mass is 433 g/mol. The molecule has 1 N–H and O–H groups in total. The quantitative estimate of drug-likeness (QED) is 0.590. The highest BCUT2D eigenvalue weighted by Crippen LogP contribution is 2.43. The lowest BCUT2D eigenvalue weighted by atomic mass is 9.89. The van der Waals surface area contributed by atoms with Crippen molar-refractivity contribution in [1.29, 1.82) is 0 Å². The van der Waals surface area contributed by atoms with Crippen LogP contribution in [0, 0.1) is 6.92 Å². The van der Waals surface area contributed by atoms with Crippen LogP contribution in [-0.2, 0) is 0 Å². The smallest absolute Gasteiger partial charge is 0.372 e. The first-order chi connectivity index (χ1) is 14.5. The van der Waals surface area contributed by atoms with Crippen LogP contribution in [0.15, 0.2) is 57.9 Å². The first-order valence-electron chi connectivity index (χ1n) is 10.4. The topological polar surface area (TPSA) is 56.7 Å². The Kier molecular flexibility index (Phi) is 4.93. The Bertz CT molecular complexity index is 1240. The zero-order valence-corrected chi connectivity index (χ0v) is 20.2. The molecule has 5 nitrogen and oxygen atoms in total. The molecule has 0 spiro atoms. The Morgan fingerprint density at radius 3 is 2.42 bits per heavy atom. The lowest BCUT2D eigenvalue weighted by molar-refractivity contribution is -0.462. The minimum Gasteiger partial charge on any atom is -0.475 e. The van der Waals surface area contributed by atoms with Crippen LogP contribution in [0.4, 0.5) is 5.69 Å². The standard InChI is InChI=1S/C25H28N2O3Si/c1-15-20(14-30-24(15)25(28)29)23-18-10-8-16(26(2)3)12-21(18)31(6,7)22-13-17(27(4)5)9-11-19(22)23/h8-14H,1-7H3/p+1. The van der Waals surface area contributed by atoms with E-state index < -0.39 is 14.0 Å². The van der Waals surface area contributed by atoms with Gasteiger partial charge >= 0.3 is 5.97 Å². The van der Waals surface area contributed by atoms with Gasteiger partial charge in [0.15, 0.2) is 5.71 Å². The van der Waals surface area contributed by atoms with E-state index in [9.17, 15) is 9.90 Å². The molecule has 0 amide bonds. The summed E-state index contributed by atoms with van der Waals surface area (Å²) in [5.41, 5.74) is 7.25. The molecule has 1 aliphatic carbocycles. The van der Waals surface area contributed by atoms with Gasteiger partial charge in [0, 0.05) is 43.1 Å². The van der Waals surface area contributed by atoms with Crippen LogP contribution in [0.5, 0.6) is 0 Å². The number of furan rings is 1. The van der Waals surface area contributed by atoms with Gasteiger partial charge < -0.3 is 14.4 Å². The molecule has 2 heterocycles. The highest BCUT2D eigenvalue weighted by atomic mass is 28.3. The number of anilines is 1. The lowest BCUT2D eigenvalue weighted by Gasteiger charge is -2.38. The normalized spacial score (nSPS) is 16.6. The average Bonchev–Trinajstić information content (AvgIpc) is 3.09. The van der Waals surface area contributed by atoms with Gasteiger partial charge in [0.25, 0.3) is 0 Å². The Morgan fingerprint density at radius 1 is 1.13 bits per heavy atom. The zero-order chi connectivity index (χ0) is 22.7. The minimum atomic E-state index is -2.01. The predicted molar refractivity (Wildman–Crippen MR) is 129 cm³/mol. The SMILES string of the molecule is Cc1c(C2=C3C=CC(=[N+](C)C)C=C3[Si](C)(C)c3cc(N(C)C)ccc32)coc1C(=O)O. The van der Waals surface area contributed by atoms with Crippen molar-refractivity contribution in [1.82, 2.24) is 0 Å². The van der Waals surface area contributed by atoms with Gasteiger partial charge in [-0.3, -0.25) is 0 Å². The van der Waals surface area contributed by atoms with Crippen LogP contribution in [0.3, 0.4) is 0 Å². The van der Waals surface area contributed by atoms with Gasteiger partial charge in [-0.1, -0.05) is 19.2 Å². The van der Waals surface area contributed by atoms with Crippen LogP contribution in [-0.4, -0.2) is 57.6 Å². The summed E-state index contributed by atoms with van der Waals surface area (Å²) in [5.74, 6) is -1.04. The van der Waals surface area contributed by atoms with Crippen LogP contribution in [0.25, 0.3) is 5.57 Å². The number of aromatic carboxylic acids is 1. The Balaban J connectivity index is 2.10. The minimum absolute atomic E-state index is 0.00232. The van der Waals surface area contributed by atoms with Crippen molar-refractivity contribution in [3.05, 3.63) is 75.9 Å². The summed E-state index contributed by atoms with van der Waals surface area (Å²) < 4.78 is 7.62. The molecule has 0 fully saturated rings. The number of carboxylic acids is 1. The van der Waals surface area contributed by atoms with E-state index in [0.717, 1.165) is 11.1 Å². The van der Waals surface area contributed by atoms with Gasteiger partial charge in [-0.05, 0) is 52.2 Å². The van der Waals surface area contributed by atoms with E-state index in [0.29, 0.717) is 5.56 Å². The van der Waals surface area contributed by atoms with Crippen LogP contribution >= 0.6 is 0 Å². The molecule has 0 saturated carbocycles. The van der Waals surface area contributed by atoms with Crippen molar-refractivity contribution >= 4 is 36.2 Å². The molecular formula is C25H29N2O3Si+. The maximum atomic E-state index is 11.6. The summed E-state index contributed by atoms with van der Waals surface area (Å²) in [5, 5.41) is 12.3. The second-order valence-corrected chi connectivity index (χ2v) is 13.5. The molecule has 6 heteroatoms. The predicted octanol–water partition coefficient (Wildman–Crippen LogP) is 3.83. The molecule has 2 aromatic rings. The second kappa shape index (κ2) is 7.23. The van der Waals surface area contributed by atoms with Gasteiger partial charge in [-0.15, -0.1) is 0 Å². The van der Waals surface area contributed by atoms with Crippen molar-refractivity contribution in [2.75, 3.05) is 33.1 Å². The number of rotatable bonds is 3. The van der Waals surface area contributed by atoms with Gasteiger partial charge in [-0.2, -0.15) is 0 Å². The van der Waals surface area contributed by atoms with E-state index in [1.165, 1.54) is 32.9 Å². The number of carboxylic acid groups (broad SMARTS) is 1. The van der Waals surface area contributed by atoms with Crippen molar-refractivity contribution < 1.29 is 18.9 Å². The van der Waals surface area contributed by atoms with Crippen molar-refractivity contribution in [2.24, 2.45) is 0 Å². The lowest BCUT2D eigenvalue weighted by Crippen LogP contribution is -2.49. The summed E-state index contributed by atoms with van der Waals surface area (Å²) in [7, 11) is 6.21. The third kappa shape index (κ3) is 3.22.